The van der Waals surface area contributed by atoms with Crippen molar-refractivity contribution in [2.75, 3.05) is 11.9 Å². The van der Waals surface area contributed by atoms with E-state index >= 15 is 0 Å². The Labute approximate surface area is 168 Å². The van der Waals surface area contributed by atoms with Crippen LogP contribution in [0, 0.1) is 0 Å². The number of hydrogen-bond acceptors (Lipinski definition) is 3. The number of carbonyl (C=O) groups is 1. The largest absolute Gasteiger partial charge is 0.494 e. The van der Waals surface area contributed by atoms with Crippen molar-refractivity contribution >= 4 is 11.7 Å². The second-order valence-electron chi connectivity index (χ2n) is 7.17. The second-order valence-corrected chi connectivity index (χ2v) is 7.17. The lowest BCUT2D eigenvalue weighted by Crippen LogP contribution is -2.06. The van der Waals surface area contributed by atoms with E-state index in [1.807, 2.05) is 30.3 Å². The molecule has 0 aliphatic rings. The van der Waals surface area contributed by atoms with E-state index in [1.165, 1.54) is 44.9 Å². The van der Waals surface area contributed by atoms with E-state index in [2.05, 4.69) is 12.2 Å². The number of anilines is 1. The first-order valence-corrected chi connectivity index (χ1v) is 10.5. The molecule has 0 aliphatic heterocycles. The van der Waals surface area contributed by atoms with Gasteiger partial charge in [0.25, 0.3) is 0 Å². The monoisotopic (exact) mass is 383 g/mol. The maximum atomic E-state index is 11.2. The molecule has 0 saturated carbocycles. The van der Waals surface area contributed by atoms with E-state index in [-0.39, 0.29) is 5.56 Å². The van der Waals surface area contributed by atoms with Gasteiger partial charge in [-0.3, -0.25) is 0 Å². The van der Waals surface area contributed by atoms with Crippen LogP contribution in [0.3, 0.4) is 0 Å². The fourth-order valence-electron chi connectivity index (χ4n) is 3.15. The SMILES string of the molecule is CCCCCCCCCCOc1ccc(CNc2ccccc2C(=O)O)cc1. The average molecular weight is 384 g/mol. The molecule has 152 valence electrons. The van der Waals surface area contributed by atoms with Crippen molar-refractivity contribution < 1.29 is 14.6 Å². The molecule has 0 radical (unpaired) electrons. The summed E-state index contributed by atoms with van der Waals surface area (Å²) in [5.41, 5.74) is 2.00. The van der Waals surface area contributed by atoms with Gasteiger partial charge in [-0.15, -0.1) is 0 Å². The van der Waals surface area contributed by atoms with Gasteiger partial charge in [-0.25, -0.2) is 4.79 Å². The molecule has 2 aromatic carbocycles. The predicted octanol–water partition coefficient (Wildman–Crippen LogP) is 6.52. The Bertz CT molecular complexity index is 697. The molecule has 0 bridgehead atoms. The van der Waals surface area contributed by atoms with Crippen molar-refractivity contribution in [3.05, 3.63) is 59.7 Å². The summed E-state index contributed by atoms with van der Waals surface area (Å²) in [5, 5.41) is 12.4. The number of carboxylic acids is 1. The third-order valence-electron chi connectivity index (χ3n) is 4.83. The molecule has 2 rings (SSSR count). The minimum absolute atomic E-state index is 0.285. The number of para-hydroxylation sites is 1. The summed E-state index contributed by atoms with van der Waals surface area (Å²) < 4.78 is 5.82. The highest BCUT2D eigenvalue weighted by molar-refractivity contribution is 5.94. The molecule has 28 heavy (non-hydrogen) atoms. The van der Waals surface area contributed by atoms with Crippen LogP contribution in [-0.2, 0) is 6.54 Å². The predicted molar refractivity (Wildman–Crippen MR) is 115 cm³/mol. The smallest absolute Gasteiger partial charge is 0.337 e. The first kappa shape index (κ1) is 21.8. The zero-order valence-electron chi connectivity index (χ0n) is 17.0. The molecule has 0 aliphatic carbocycles. The minimum atomic E-state index is -0.923. The molecule has 2 N–H and O–H groups in total. The van der Waals surface area contributed by atoms with Gasteiger partial charge in [-0.05, 0) is 36.2 Å². The molecule has 0 fully saturated rings. The Balaban J connectivity index is 1.65. The summed E-state index contributed by atoms with van der Waals surface area (Å²) in [6.45, 7) is 3.58. The van der Waals surface area contributed by atoms with Gasteiger partial charge in [0.2, 0.25) is 0 Å². The van der Waals surface area contributed by atoms with Crippen molar-refractivity contribution in [1.29, 1.82) is 0 Å². The Kier molecular flexibility index (Phi) is 9.98. The van der Waals surface area contributed by atoms with Crippen molar-refractivity contribution in [3.63, 3.8) is 0 Å². The maximum Gasteiger partial charge on any atom is 0.337 e. The molecular weight excluding hydrogens is 350 g/mol. The quantitative estimate of drug-likeness (QED) is 0.365. The number of aromatic carboxylic acids is 1. The number of ether oxygens (including phenoxy) is 1. The number of hydrogen-bond donors (Lipinski definition) is 2. The number of carboxylic acid groups (broad SMARTS) is 1. The maximum absolute atomic E-state index is 11.2. The first-order valence-electron chi connectivity index (χ1n) is 10.5. The van der Waals surface area contributed by atoms with Crippen molar-refractivity contribution in [2.45, 2.75) is 64.8 Å². The zero-order chi connectivity index (χ0) is 20.0. The molecule has 0 saturated heterocycles. The van der Waals surface area contributed by atoms with Crippen molar-refractivity contribution in [1.82, 2.24) is 0 Å². The van der Waals surface area contributed by atoms with Gasteiger partial charge in [0.15, 0.2) is 0 Å². The van der Waals surface area contributed by atoms with Crippen LogP contribution < -0.4 is 10.1 Å². The Hall–Kier alpha value is -2.49. The topological polar surface area (TPSA) is 58.6 Å². The number of benzene rings is 2. The van der Waals surface area contributed by atoms with Gasteiger partial charge in [0.05, 0.1) is 12.2 Å². The molecule has 0 spiro atoms. The molecule has 4 heteroatoms. The molecule has 2 aromatic rings. The van der Waals surface area contributed by atoms with Crippen LogP contribution in [0.1, 0.15) is 74.2 Å². The van der Waals surface area contributed by atoms with Gasteiger partial charge in [-0.2, -0.15) is 0 Å². The second kappa shape index (κ2) is 12.8. The third kappa shape index (κ3) is 8.03. The summed E-state index contributed by atoms with van der Waals surface area (Å²) in [6, 6.07) is 14.9. The van der Waals surface area contributed by atoms with Crippen LogP contribution in [0.4, 0.5) is 5.69 Å². The first-order chi connectivity index (χ1) is 13.7. The lowest BCUT2D eigenvalue weighted by Gasteiger charge is -2.10. The van der Waals surface area contributed by atoms with E-state index in [4.69, 9.17) is 4.74 Å². The van der Waals surface area contributed by atoms with Crippen LogP contribution in [0.15, 0.2) is 48.5 Å². The van der Waals surface area contributed by atoms with Gasteiger partial charge >= 0.3 is 5.97 Å². The van der Waals surface area contributed by atoms with E-state index in [0.29, 0.717) is 12.2 Å². The van der Waals surface area contributed by atoms with Crippen LogP contribution in [0.25, 0.3) is 0 Å². The standard InChI is InChI=1S/C24H33NO3/c1-2-3-4-5-6-7-8-11-18-28-21-16-14-20(15-17-21)19-25-23-13-10-9-12-22(23)24(26)27/h9-10,12-17,25H,2-8,11,18-19H2,1H3,(H,26,27). The van der Waals surface area contributed by atoms with E-state index in [1.54, 1.807) is 18.2 Å². The number of unbranched alkanes of at least 4 members (excludes halogenated alkanes) is 7. The number of rotatable bonds is 14. The molecule has 0 amide bonds. The summed E-state index contributed by atoms with van der Waals surface area (Å²) in [5.74, 6) is -0.0366. The molecule has 4 nitrogen and oxygen atoms in total. The van der Waals surface area contributed by atoms with Gasteiger partial charge < -0.3 is 15.2 Å². The lowest BCUT2D eigenvalue weighted by atomic mass is 10.1. The molecule has 0 heterocycles. The Morgan fingerprint density at radius 2 is 1.54 bits per heavy atom. The lowest BCUT2D eigenvalue weighted by molar-refractivity contribution is 0.0698. The van der Waals surface area contributed by atoms with Crippen LogP contribution >= 0.6 is 0 Å². The average Bonchev–Trinajstić information content (AvgIpc) is 2.72. The zero-order valence-corrected chi connectivity index (χ0v) is 17.0. The van der Waals surface area contributed by atoms with E-state index < -0.39 is 5.97 Å². The fourth-order valence-corrected chi connectivity index (χ4v) is 3.15. The summed E-state index contributed by atoms with van der Waals surface area (Å²) in [7, 11) is 0. The van der Waals surface area contributed by atoms with E-state index in [9.17, 15) is 9.90 Å². The third-order valence-corrected chi connectivity index (χ3v) is 4.83. The molecular formula is C24H33NO3. The van der Waals surface area contributed by atoms with Crippen molar-refractivity contribution in [3.8, 4) is 5.75 Å². The van der Waals surface area contributed by atoms with Gasteiger partial charge in [-0.1, -0.05) is 76.1 Å². The van der Waals surface area contributed by atoms with Crippen LogP contribution in [0.2, 0.25) is 0 Å². The minimum Gasteiger partial charge on any atom is -0.494 e. The Morgan fingerprint density at radius 3 is 2.21 bits per heavy atom. The molecule has 0 atom stereocenters. The van der Waals surface area contributed by atoms with Crippen LogP contribution in [0.5, 0.6) is 5.75 Å². The van der Waals surface area contributed by atoms with Gasteiger partial charge in [0, 0.05) is 12.2 Å². The summed E-state index contributed by atoms with van der Waals surface area (Å²) >= 11 is 0. The normalized spacial score (nSPS) is 10.6. The molecule has 0 unspecified atom stereocenters. The fraction of sp³-hybridized carbons (Fsp3) is 0.458. The number of nitrogens with one attached hydrogen (secondary N) is 1. The van der Waals surface area contributed by atoms with E-state index in [0.717, 1.165) is 24.3 Å². The Morgan fingerprint density at radius 1 is 0.893 bits per heavy atom. The van der Waals surface area contributed by atoms with Gasteiger partial charge in [0.1, 0.15) is 5.75 Å². The highest BCUT2D eigenvalue weighted by atomic mass is 16.5. The summed E-state index contributed by atoms with van der Waals surface area (Å²) in [4.78, 5) is 11.2. The summed E-state index contributed by atoms with van der Waals surface area (Å²) in [6.07, 6.45) is 10.4. The van der Waals surface area contributed by atoms with Crippen molar-refractivity contribution in [2.24, 2.45) is 0 Å². The highest BCUT2D eigenvalue weighted by Crippen LogP contribution is 2.18. The van der Waals surface area contributed by atoms with Crippen LogP contribution in [-0.4, -0.2) is 17.7 Å². The molecule has 0 aromatic heterocycles. The highest BCUT2D eigenvalue weighted by Gasteiger charge is 2.08.